The fourth-order valence-electron chi connectivity index (χ4n) is 2.15. The molecule has 0 saturated carbocycles. The van der Waals surface area contributed by atoms with Crippen molar-refractivity contribution in [3.8, 4) is 5.75 Å². The number of likely N-dealkylation sites (N-methyl/N-ethyl adjacent to an activating group) is 1. The molecule has 0 heterocycles. The molecule has 1 aromatic carbocycles. The zero-order chi connectivity index (χ0) is 14.8. The summed E-state index contributed by atoms with van der Waals surface area (Å²) in [7, 11) is 4.14. The Bertz CT molecular complexity index is 356. The summed E-state index contributed by atoms with van der Waals surface area (Å²) in [6.45, 7) is 4.86. The van der Waals surface area contributed by atoms with E-state index in [1.54, 1.807) is 0 Å². The molecule has 1 unspecified atom stereocenters. The van der Waals surface area contributed by atoms with Crippen LogP contribution in [-0.2, 0) is 6.54 Å². The normalized spacial score (nSPS) is 12.7. The Labute approximate surface area is 128 Å². The second-order valence-corrected chi connectivity index (χ2v) is 5.93. The molecule has 3 nitrogen and oxygen atoms in total. The van der Waals surface area contributed by atoms with Crippen molar-refractivity contribution < 1.29 is 4.74 Å². The fourth-order valence-corrected chi connectivity index (χ4v) is 3.02. The number of nitrogens with zero attached hydrogens (tertiary/aromatic N) is 1. The first kappa shape index (κ1) is 17.3. The van der Waals surface area contributed by atoms with Crippen molar-refractivity contribution in [1.82, 2.24) is 10.2 Å². The molecule has 20 heavy (non-hydrogen) atoms. The monoisotopic (exact) mass is 296 g/mol. The van der Waals surface area contributed by atoms with Crippen molar-refractivity contribution in [3.05, 3.63) is 29.8 Å². The maximum atomic E-state index is 5.81. The van der Waals surface area contributed by atoms with Crippen LogP contribution in [0.25, 0.3) is 0 Å². The van der Waals surface area contributed by atoms with E-state index in [9.17, 15) is 0 Å². The van der Waals surface area contributed by atoms with Gasteiger partial charge in [0.1, 0.15) is 12.4 Å². The molecule has 0 amide bonds. The minimum Gasteiger partial charge on any atom is -0.492 e. The zero-order valence-electron chi connectivity index (χ0n) is 13.2. The summed E-state index contributed by atoms with van der Waals surface area (Å²) in [5, 5.41) is 3.14. The molecule has 0 aliphatic carbocycles. The lowest BCUT2D eigenvalue weighted by atomic mass is 10.2. The Hall–Kier alpha value is -0.710. The highest BCUT2D eigenvalue weighted by Gasteiger charge is 2.11. The molecule has 0 saturated heterocycles. The van der Waals surface area contributed by atoms with Gasteiger partial charge in [0.2, 0.25) is 0 Å². The Kier molecular flexibility index (Phi) is 8.74. The van der Waals surface area contributed by atoms with E-state index in [1.165, 1.54) is 17.7 Å². The van der Waals surface area contributed by atoms with E-state index in [0.717, 1.165) is 25.4 Å². The van der Waals surface area contributed by atoms with Gasteiger partial charge in [-0.05, 0) is 44.5 Å². The van der Waals surface area contributed by atoms with Gasteiger partial charge in [-0.25, -0.2) is 0 Å². The molecule has 0 bridgehead atoms. The van der Waals surface area contributed by atoms with Gasteiger partial charge in [0, 0.05) is 24.9 Å². The van der Waals surface area contributed by atoms with Gasteiger partial charge < -0.3 is 10.1 Å². The minimum absolute atomic E-state index is 0.645. The topological polar surface area (TPSA) is 24.5 Å². The van der Waals surface area contributed by atoms with Gasteiger partial charge in [-0.15, -0.1) is 0 Å². The molecule has 0 radical (unpaired) electrons. The highest BCUT2D eigenvalue weighted by molar-refractivity contribution is 7.98. The molecule has 1 aromatic rings. The Morgan fingerprint density at radius 1 is 1.30 bits per heavy atom. The van der Waals surface area contributed by atoms with Crippen molar-refractivity contribution in [2.75, 3.05) is 39.3 Å². The molecular formula is C16H28N2OS. The highest BCUT2D eigenvalue weighted by Crippen LogP contribution is 2.13. The number of ether oxygens (including phenoxy) is 1. The van der Waals surface area contributed by atoms with Crippen molar-refractivity contribution >= 4 is 11.8 Å². The largest absolute Gasteiger partial charge is 0.492 e. The van der Waals surface area contributed by atoms with Crippen LogP contribution in [0.4, 0.5) is 0 Å². The lowest BCUT2D eigenvalue weighted by molar-refractivity contribution is 0.199. The first-order valence-corrected chi connectivity index (χ1v) is 8.66. The lowest BCUT2D eigenvalue weighted by Crippen LogP contribution is -2.36. The lowest BCUT2D eigenvalue weighted by Gasteiger charge is -2.26. The minimum atomic E-state index is 0.645. The van der Waals surface area contributed by atoms with Gasteiger partial charge >= 0.3 is 0 Å². The second kappa shape index (κ2) is 10.1. The van der Waals surface area contributed by atoms with E-state index in [-0.39, 0.29) is 0 Å². The van der Waals surface area contributed by atoms with Crippen molar-refractivity contribution in [2.24, 2.45) is 0 Å². The van der Waals surface area contributed by atoms with Gasteiger partial charge in [0.25, 0.3) is 0 Å². The number of thioether (sulfide) groups is 1. The van der Waals surface area contributed by atoms with Crippen molar-refractivity contribution in [3.63, 3.8) is 0 Å². The van der Waals surface area contributed by atoms with E-state index in [2.05, 4.69) is 42.6 Å². The van der Waals surface area contributed by atoms with Crippen LogP contribution < -0.4 is 10.1 Å². The van der Waals surface area contributed by atoms with Gasteiger partial charge in [0.05, 0.1) is 0 Å². The first-order valence-electron chi connectivity index (χ1n) is 7.26. The molecular weight excluding hydrogens is 268 g/mol. The predicted octanol–water partition coefficient (Wildman–Crippen LogP) is 2.86. The maximum Gasteiger partial charge on any atom is 0.119 e. The van der Waals surface area contributed by atoms with Crippen LogP contribution in [0.15, 0.2) is 24.3 Å². The quantitative estimate of drug-likeness (QED) is 0.717. The summed E-state index contributed by atoms with van der Waals surface area (Å²) in [5.74, 6) is 2.14. The summed E-state index contributed by atoms with van der Waals surface area (Å²) in [6, 6.07) is 8.96. The van der Waals surface area contributed by atoms with Crippen LogP contribution in [0, 0.1) is 0 Å². The van der Waals surface area contributed by atoms with E-state index >= 15 is 0 Å². The van der Waals surface area contributed by atoms with E-state index in [4.69, 9.17) is 4.74 Å². The Morgan fingerprint density at radius 2 is 2.00 bits per heavy atom. The van der Waals surface area contributed by atoms with Crippen LogP contribution in [0.5, 0.6) is 5.75 Å². The molecule has 0 fully saturated rings. The van der Waals surface area contributed by atoms with Crippen LogP contribution in [0.3, 0.4) is 0 Å². The average Bonchev–Trinajstić information content (AvgIpc) is 2.46. The van der Waals surface area contributed by atoms with Gasteiger partial charge in [0.15, 0.2) is 0 Å². The van der Waals surface area contributed by atoms with Crippen LogP contribution >= 0.6 is 11.8 Å². The van der Waals surface area contributed by atoms with Crippen LogP contribution in [0.1, 0.15) is 18.9 Å². The zero-order valence-corrected chi connectivity index (χ0v) is 14.0. The summed E-state index contributed by atoms with van der Waals surface area (Å²) in [6.07, 6.45) is 3.36. The van der Waals surface area contributed by atoms with Gasteiger partial charge in [-0.2, -0.15) is 11.8 Å². The van der Waals surface area contributed by atoms with Gasteiger partial charge in [-0.3, -0.25) is 4.90 Å². The molecule has 0 aliphatic rings. The number of hydrogen-bond acceptors (Lipinski definition) is 4. The fraction of sp³-hybridized carbons (Fsp3) is 0.625. The number of rotatable bonds is 10. The average molecular weight is 296 g/mol. The standard InChI is InChI=1S/C16H28N2OS/c1-5-15(13-20-4)18(3)10-11-19-16-8-6-14(7-9-16)12-17-2/h6-9,15,17H,5,10-13H2,1-4H3. The number of benzene rings is 1. The molecule has 1 N–H and O–H groups in total. The summed E-state index contributed by atoms with van der Waals surface area (Å²) >= 11 is 1.91. The van der Waals surface area contributed by atoms with Crippen LogP contribution in [0.2, 0.25) is 0 Å². The van der Waals surface area contributed by atoms with Crippen molar-refractivity contribution in [2.45, 2.75) is 25.9 Å². The van der Waals surface area contributed by atoms with E-state index in [0.29, 0.717) is 6.04 Å². The molecule has 0 aromatic heterocycles. The Morgan fingerprint density at radius 3 is 2.55 bits per heavy atom. The highest BCUT2D eigenvalue weighted by atomic mass is 32.2. The van der Waals surface area contributed by atoms with Gasteiger partial charge in [-0.1, -0.05) is 19.1 Å². The van der Waals surface area contributed by atoms with E-state index in [1.807, 2.05) is 30.9 Å². The summed E-state index contributed by atoms with van der Waals surface area (Å²) < 4.78 is 5.81. The molecule has 4 heteroatoms. The molecule has 1 atom stereocenters. The molecule has 0 aliphatic heterocycles. The van der Waals surface area contributed by atoms with Crippen molar-refractivity contribution in [1.29, 1.82) is 0 Å². The molecule has 0 spiro atoms. The third-order valence-corrected chi connectivity index (χ3v) is 4.19. The summed E-state index contributed by atoms with van der Waals surface area (Å²) in [4.78, 5) is 2.39. The maximum absolute atomic E-state index is 5.81. The third-order valence-electron chi connectivity index (χ3n) is 3.47. The van der Waals surface area contributed by atoms with E-state index < -0.39 is 0 Å². The van der Waals surface area contributed by atoms with Crippen LogP contribution in [-0.4, -0.2) is 50.2 Å². The predicted molar refractivity (Wildman–Crippen MR) is 89.8 cm³/mol. The summed E-state index contributed by atoms with van der Waals surface area (Å²) in [5.41, 5.74) is 1.28. The molecule has 114 valence electrons. The number of nitrogens with one attached hydrogen (secondary N) is 1. The molecule has 1 rings (SSSR count). The second-order valence-electron chi connectivity index (χ2n) is 5.02. The number of hydrogen-bond donors (Lipinski definition) is 1. The first-order chi connectivity index (χ1) is 9.71. The smallest absolute Gasteiger partial charge is 0.119 e. The SMILES string of the molecule is CCC(CSC)N(C)CCOc1ccc(CNC)cc1. The Balaban J connectivity index is 2.32. The third kappa shape index (κ3) is 6.16.